The second-order valence-corrected chi connectivity index (χ2v) is 8.29. The Morgan fingerprint density at radius 2 is 2.06 bits per heavy atom. The number of rotatable bonds is 6. The van der Waals surface area contributed by atoms with Gasteiger partial charge >= 0.3 is 0 Å². The summed E-state index contributed by atoms with van der Waals surface area (Å²) in [5.74, 6) is 0.927. The normalized spacial score (nSPS) is 19.2. The van der Waals surface area contributed by atoms with Crippen molar-refractivity contribution in [1.82, 2.24) is 20.3 Å². The molecule has 3 N–H and O–H groups in total. The minimum atomic E-state index is 0.00287. The SMILES string of the molecule is O=C(CNc1cccc(N2CCOCC2)c1)N[C@@H]1CCCN(c2ncnc3[nH]ccc23)C1. The highest BCUT2D eigenvalue weighted by molar-refractivity contribution is 5.87. The van der Waals surface area contributed by atoms with E-state index >= 15 is 0 Å². The van der Waals surface area contributed by atoms with Crippen LogP contribution in [0.4, 0.5) is 17.2 Å². The lowest BCUT2D eigenvalue weighted by Gasteiger charge is -2.34. The Kier molecular flexibility index (Phi) is 6.06. The number of carbonyl (C=O) groups is 1. The predicted octanol–water partition coefficient (Wildman–Crippen LogP) is 1.99. The van der Waals surface area contributed by atoms with Crippen LogP contribution in [0.2, 0.25) is 0 Å². The highest BCUT2D eigenvalue weighted by Crippen LogP contribution is 2.25. The third-order valence-electron chi connectivity index (χ3n) is 6.09. The second kappa shape index (κ2) is 9.44. The van der Waals surface area contributed by atoms with E-state index in [4.69, 9.17) is 4.74 Å². The largest absolute Gasteiger partial charge is 0.378 e. The molecule has 168 valence electrons. The minimum Gasteiger partial charge on any atom is -0.378 e. The van der Waals surface area contributed by atoms with Crippen LogP contribution in [0.15, 0.2) is 42.9 Å². The van der Waals surface area contributed by atoms with Crippen molar-refractivity contribution < 1.29 is 9.53 Å². The first-order valence-corrected chi connectivity index (χ1v) is 11.3. The van der Waals surface area contributed by atoms with Crippen LogP contribution in [0, 0.1) is 0 Å². The number of benzene rings is 1. The quantitative estimate of drug-likeness (QED) is 0.545. The Balaban J connectivity index is 1.15. The fourth-order valence-electron chi connectivity index (χ4n) is 4.49. The molecule has 2 aromatic heterocycles. The first-order chi connectivity index (χ1) is 15.8. The fourth-order valence-corrected chi connectivity index (χ4v) is 4.49. The summed E-state index contributed by atoms with van der Waals surface area (Å²) in [6, 6.07) is 10.3. The molecule has 1 atom stereocenters. The monoisotopic (exact) mass is 435 g/mol. The van der Waals surface area contributed by atoms with Crippen LogP contribution in [-0.4, -0.2) is 72.8 Å². The van der Waals surface area contributed by atoms with Gasteiger partial charge in [-0.25, -0.2) is 9.97 Å². The molecule has 5 rings (SSSR count). The number of anilines is 3. The standard InChI is InChI=1S/C23H29N7O2/c31-21(14-25-17-3-1-5-19(13-17)29-9-11-32-12-10-29)28-18-4-2-8-30(15-18)23-20-6-7-24-22(20)26-16-27-23/h1,3,5-7,13,16,18,25H,2,4,8-12,14-15H2,(H,28,31)(H,24,26,27)/t18-/m1/s1. The van der Waals surface area contributed by atoms with Gasteiger partial charge in [0.05, 0.1) is 25.1 Å². The van der Waals surface area contributed by atoms with Crippen LogP contribution in [0.3, 0.4) is 0 Å². The zero-order chi connectivity index (χ0) is 21.8. The fraction of sp³-hybridized carbons (Fsp3) is 0.435. The van der Waals surface area contributed by atoms with Gasteiger partial charge in [0.25, 0.3) is 0 Å². The molecule has 3 aromatic rings. The number of aromatic amines is 1. The average molecular weight is 436 g/mol. The van der Waals surface area contributed by atoms with E-state index in [2.05, 4.69) is 47.5 Å². The summed E-state index contributed by atoms with van der Waals surface area (Å²) in [5, 5.41) is 7.47. The summed E-state index contributed by atoms with van der Waals surface area (Å²) >= 11 is 0. The zero-order valence-corrected chi connectivity index (χ0v) is 18.1. The smallest absolute Gasteiger partial charge is 0.239 e. The van der Waals surface area contributed by atoms with Gasteiger partial charge in [0, 0.05) is 49.8 Å². The number of aromatic nitrogens is 3. The number of carbonyl (C=O) groups excluding carboxylic acids is 1. The van der Waals surface area contributed by atoms with Gasteiger partial charge in [-0.2, -0.15) is 0 Å². The van der Waals surface area contributed by atoms with E-state index in [1.165, 1.54) is 0 Å². The molecule has 1 aromatic carbocycles. The molecule has 2 fully saturated rings. The zero-order valence-electron chi connectivity index (χ0n) is 18.1. The first-order valence-electron chi connectivity index (χ1n) is 11.3. The van der Waals surface area contributed by atoms with Crippen LogP contribution in [-0.2, 0) is 9.53 Å². The van der Waals surface area contributed by atoms with Gasteiger partial charge in [0.2, 0.25) is 5.91 Å². The molecule has 4 heterocycles. The van der Waals surface area contributed by atoms with Crippen molar-refractivity contribution >= 4 is 34.1 Å². The molecule has 9 heteroatoms. The van der Waals surface area contributed by atoms with Crippen LogP contribution >= 0.6 is 0 Å². The van der Waals surface area contributed by atoms with E-state index in [0.717, 1.165) is 80.5 Å². The summed E-state index contributed by atoms with van der Waals surface area (Å²) in [6.07, 6.45) is 5.45. The lowest BCUT2D eigenvalue weighted by molar-refractivity contribution is -0.120. The molecule has 0 spiro atoms. The summed E-state index contributed by atoms with van der Waals surface area (Å²) in [5.41, 5.74) is 2.94. The van der Waals surface area contributed by atoms with Gasteiger partial charge < -0.3 is 30.2 Å². The van der Waals surface area contributed by atoms with Crippen molar-refractivity contribution in [2.45, 2.75) is 18.9 Å². The maximum Gasteiger partial charge on any atom is 0.239 e. The highest BCUT2D eigenvalue weighted by Gasteiger charge is 2.24. The molecule has 0 saturated carbocycles. The number of nitrogens with one attached hydrogen (secondary N) is 3. The van der Waals surface area contributed by atoms with Gasteiger partial charge in [-0.3, -0.25) is 4.79 Å². The maximum atomic E-state index is 12.6. The maximum absolute atomic E-state index is 12.6. The molecular weight excluding hydrogens is 406 g/mol. The lowest BCUT2D eigenvalue weighted by Crippen LogP contribution is -2.49. The number of amides is 1. The Bertz CT molecular complexity index is 1060. The van der Waals surface area contributed by atoms with E-state index in [9.17, 15) is 4.79 Å². The van der Waals surface area contributed by atoms with Crippen molar-refractivity contribution in [1.29, 1.82) is 0 Å². The van der Waals surface area contributed by atoms with E-state index < -0.39 is 0 Å². The third-order valence-corrected chi connectivity index (χ3v) is 6.09. The number of piperidine rings is 1. The Labute approximate surface area is 187 Å². The van der Waals surface area contributed by atoms with Crippen molar-refractivity contribution in [3.8, 4) is 0 Å². The first kappa shape index (κ1) is 20.6. The highest BCUT2D eigenvalue weighted by atomic mass is 16.5. The number of fused-ring (bicyclic) bond motifs is 1. The number of ether oxygens (including phenoxy) is 1. The van der Waals surface area contributed by atoms with Gasteiger partial charge in [-0.1, -0.05) is 6.07 Å². The number of H-pyrrole nitrogens is 1. The van der Waals surface area contributed by atoms with E-state index in [-0.39, 0.29) is 18.5 Å². The van der Waals surface area contributed by atoms with Crippen LogP contribution in [0.1, 0.15) is 12.8 Å². The molecule has 0 unspecified atom stereocenters. The molecule has 2 saturated heterocycles. The number of hydrogen-bond acceptors (Lipinski definition) is 7. The van der Waals surface area contributed by atoms with Crippen LogP contribution in [0.25, 0.3) is 11.0 Å². The van der Waals surface area contributed by atoms with Gasteiger partial charge in [0.15, 0.2) is 0 Å². The number of nitrogens with zero attached hydrogens (tertiary/aromatic N) is 4. The molecule has 1 amide bonds. The average Bonchev–Trinajstić information content (AvgIpc) is 3.33. The minimum absolute atomic E-state index is 0.00287. The molecule has 0 radical (unpaired) electrons. The van der Waals surface area contributed by atoms with E-state index in [0.29, 0.717) is 0 Å². The summed E-state index contributed by atoms with van der Waals surface area (Å²) in [7, 11) is 0. The van der Waals surface area contributed by atoms with Crippen LogP contribution < -0.4 is 20.4 Å². The van der Waals surface area contributed by atoms with Crippen molar-refractivity contribution in [2.75, 3.05) is 61.1 Å². The Morgan fingerprint density at radius 1 is 1.16 bits per heavy atom. The Morgan fingerprint density at radius 3 is 2.97 bits per heavy atom. The second-order valence-electron chi connectivity index (χ2n) is 8.29. The summed E-state index contributed by atoms with van der Waals surface area (Å²) < 4.78 is 5.43. The molecule has 0 aliphatic carbocycles. The predicted molar refractivity (Wildman–Crippen MR) is 125 cm³/mol. The van der Waals surface area contributed by atoms with Crippen molar-refractivity contribution in [3.05, 3.63) is 42.9 Å². The summed E-state index contributed by atoms with van der Waals surface area (Å²) in [6.45, 7) is 5.21. The number of morpholine rings is 1. The molecule has 32 heavy (non-hydrogen) atoms. The third kappa shape index (κ3) is 4.62. The molecule has 0 bridgehead atoms. The van der Waals surface area contributed by atoms with Gasteiger partial charge in [-0.15, -0.1) is 0 Å². The molecule has 2 aliphatic heterocycles. The van der Waals surface area contributed by atoms with E-state index in [1.807, 2.05) is 24.4 Å². The van der Waals surface area contributed by atoms with Crippen molar-refractivity contribution in [3.63, 3.8) is 0 Å². The Hall–Kier alpha value is -3.33. The van der Waals surface area contributed by atoms with E-state index in [1.54, 1.807) is 6.33 Å². The van der Waals surface area contributed by atoms with Crippen LogP contribution in [0.5, 0.6) is 0 Å². The molecule has 2 aliphatic rings. The molecule has 9 nitrogen and oxygen atoms in total. The van der Waals surface area contributed by atoms with Gasteiger partial charge in [-0.05, 0) is 37.1 Å². The molecular formula is C23H29N7O2. The number of hydrogen-bond donors (Lipinski definition) is 3. The topological polar surface area (TPSA) is 98.4 Å². The van der Waals surface area contributed by atoms with Gasteiger partial charge in [0.1, 0.15) is 17.8 Å². The van der Waals surface area contributed by atoms with Crippen molar-refractivity contribution in [2.24, 2.45) is 0 Å². The lowest BCUT2D eigenvalue weighted by atomic mass is 10.1. The summed E-state index contributed by atoms with van der Waals surface area (Å²) in [4.78, 5) is 29.1.